The summed E-state index contributed by atoms with van der Waals surface area (Å²) in [5.41, 5.74) is -0.343. The summed E-state index contributed by atoms with van der Waals surface area (Å²) in [6.07, 6.45) is 0.849. The zero-order chi connectivity index (χ0) is 22.2. The van der Waals surface area contributed by atoms with Crippen LogP contribution in [0.15, 0.2) is 29.0 Å². The Morgan fingerprint density at radius 3 is 2.87 bits per heavy atom. The van der Waals surface area contributed by atoms with Gasteiger partial charge < -0.3 is 9.42 Å². The lowest BCUT2D eigenvalue weighted by Crippen LogP contribution is -2.40. The van der Waals surface area contributed by atoms with E-state index in [9.17, 15) is 18.0 Å². The molecule has 3 aromatic rings. The van der Waals surface area contributed by atoms with Gasteiger partial charge in [0, 0.05) is 43.5 Å². The number of likely N-dealkylation sites (tertiary alicyclic amines) is 1. The van der Waals surface area contributed by atoms with Crippen LogP contribution in [-0.2, 0) is 17.4 Å². The Labute approximate surface area is 177 Å². The predicted molar refractivity (Wildman–Crippen MR) is 106 cm³/mol. The summed E-state index contributed by atoms with van der Waals surface area (Å²) in [5.74, 6) is -0.391. The Balaban J connectivity index is 1.59. The molecule has 1 aliphatic rings. The molecule has 0 saturated carbocycles. The Kier molecular flexibility index (Phi) is 5.72. The summed E-state index contributed by atoms with van der Waals surface area (Å²) in [5, 5.41) is 8.05. The lowest BCUT2D eigenvalue weighted by molar-refractivity contribution is -0.136. The van der Waals surface area contributed by atoms with Crippen molar-refractivity contribution < 1.29 is 22.5 Å². The van der Waals surface area contributed by atoms with E-state index in [4.69, 9.17) is 4.52 Å². The number of fused-ring (bicyclic) bond motifs is 1. The van der Waals surface area contributed by atoms with E-state index in [0.29, 0.717) is 38.0 Å². The third kappa shape index (κ3) is 4.28. The highest BCUT2D eigenvalue weighted by Gasteiger charge is 2.38. The van der Waals surface area contributed by atoms with E-state index in [2.05, 4.69) is 15.2 Å². The Morgan fingerprint density at radius 2 is 2.19 bits per heavy atom. The number of aryl methyl sites for hydroxylation is 1. The molecular weight excluding hydrogens is 411 g/mol. The molecule has 0 aliphatic carbocycles. The summed E-state index contributed by atoms with van der Waals surface area (Å²) in [4.78, 5) is 18.7. The summed E-state index contributed by atoms with van der Waals surface area (Å²) >= 11 is 0. The second kappa shape index (κ2) is 8.32. The van der Waals surface area contributed by atoms with E-state index in [-0.39, 0.29) is 41.1 Å². The summed E-state index contributed by atoms with van der Waals surface area (Å²) < 4.78 is 48.2. The molecule has 0 radical (unpaired) electrons. The molecule has 3 aromatic heterocycles. The van der Waals surface area contributed by atoms with Crippen molar-refractivity contribution in [2.24, 2.45) is 0 Å². The van der Waals surface area contributed by atoms with Gasteiger partial charge in [-0.05, 0) is 38.3 Å². The quantitative estimate of drug-likeness (QED) is 0.595. The van der Waals surface area contributed by atoms with E-state index in [1.165, 1.54) is 0 Å². The topological polar surface area (TPSA) is 77.0 Å². The number of halogens is 3. The van der Waals surface area contributed by atoms with Gasteiger partial charge in [0.05, 0.1) is 22.7 Å². The number of pyridine rings is 1. The van der Waals surface area contributed by atoms with Crippen LogP contribution in [-0.4, -0.2) is 43.8 Å². The molecule has 2 atom stereocenters. The molecule has 166 valence electrons. The highest BCUT2D eigenvalue weighted by molar-refractivity contribution is 5.82. The molecule has 0 bridgehead atoms. The van der Waals surface area contributed by atoms with Gasteiger partial charge in [-0.15, -0.1) is 0 Å². The first-order valence-electron chi connectivity index (χ1n) is 10.4. The van der Waals surface area contributed by atoms with Crippen molar-refractivity contribution in [2.75, 3.05) is 13.1 Å². The van der Waals surface area contributed by atoms with Gasteiger partial charge in [0.25, 0.3) is 5.71 Å². The Morgan fingerprint density at radius 1 is 1.39 bits per heavy atom. The van der Waals surface area contributed by atoms with Crippen LogP contribution >= 0.6 is 0 Å². The van der Waals surface area contributed by atoms with Crippen LogP contribution in [0.25, 0.3) is 11.1 Å². The van der Waals surface area contributed by atoms with Crippen molar-refractivity contribution in [3.8, 4) is 0 Å². The van der Waals surface area contributed by atoms with Crippen molar-refractivity contribution in [1.82, 2.24) is 24.8 Å². The lowest BCUT2D eigenvalue weighted by atomic mass is 9.91. The van der Waals surface area contributed by atoms with Gasteiger partial charge in [0.1, 0.15) is 0 Å². The van der Waals surface area contributed by atoms with Crippen LogP contribution < -0.4 is 0 Å². The number of piperidine rings is 1. The molecule has 0 spiro atoms. The van der Waals surface area contributed by atoms with Gasteiger partial charge in [-0.25, -0.2) is 4.98 Å². The number of carbonyl (C=O) groups is 1. The van der Waals surface area contributed by atoms with E-state index in [1.54, 1.807) is 35.0 Å². The minimum absolute atomic E-state index is 0.0528. The van der Waals surface area contributed by atoms with Crippen LogP contribution in [0.2, 0.25) is 0 Å². The largest absolute Gasteiger partial charge is 0.417 e. The molecule has 1 aliphatic heterocycles. The van der Waals surface area contributed by atoms with Gasteiger partial charge in [-0.3, -0.25) is 9.48 Å². The van der Waals surface area contributed by atoms with Gasteiger partial charge >= 0.3 is 6.18 Å². The van der Waals surface area contributed by atoms with E-state index in [1.807, 2.05) is 6.92 Å². The summed E-state index contributed by atoms with van der Waals surface area (Å²) in [7, 11) is 0. The monoisotopic (exact) mass is 435 g/mol. The second-order valence-electron chi connectivity index (χ2n) is 7.98. The van der Waals surface area contributed by atoms with Gasteiger partial charge in [-0.2, -0.15) is 18.3 Å². The average molecular weight is 435 g/mol. The molecule has 1 amide bonds. The standard InChI is InChI=1S/C21H24F3N5O2/c1-3-15-11-16(21(22,23)24)18-19(27-31-20(18)26-15)14-6-4-8-28(12-14)17(30)10-13(2)29-9-5-7-25-29/h5,7,9,11,13-14H,3-4,6,8,10,12H2,1-2H3/t13-,14+/m1/s1. The molecule has 1 saturated heterocycles. The molecule has 0 N–H and O–H groups in total. The Bertz CT molecular complexity index is 1060. The number of amides is 1. The van der Waals surface area contributed by atoms with Crippen LogP contribution in [0, 0.1) is 0 Å². The molecule has 10 heteroatoms. The van der Waals surface area contributed by atoms with Crippen molar-refractivity contribution >= 4 is 17.0 Å². The second-order valence-corrected chi connectivity index (χ2v) is 7.98. The fraction of sp³-hybridized carbons (Fsp3) is 0.524. The van der Waals surface area contributed by atoms with Crippen molar-refractivity contribution in [3.05, 3.63) is 41.5 Å². The number of alkyl halides is 3. The first kappa shape index (κ1) is 21.3. The van der Waals surface area contributed by atoms with Crippen LogP contribution in [0.4, 0.5) is 13.2 Å². The van der Waals surface area contributed by atoms with Crippen LogP contribution in [0.3, 0.4) is 0 Å². The molecule has 7 nitrogen and oxygen atoms in total. The molecule has 1 fully saturated rings. The lowest BCUT2D eigenvalue weighted by Gasteiger charge is -2.32. The third-order valence-corrected chi connectivity index (χ3v) is 5.80. The van der Waals surface area contributed by atoms with E-state index in [0.717, 1.165) is 6.07 Å². The number of nitrogens with zero attached hydrogens (tertiary/aromatic N) is 5. The normalized spacial score (nSPS) is 18.5. The number of rotatable bonds is 5. The number of hydrogen-bond acceptors (Lipinski definition) is 5. The fourth-order valence-corrected chi connectivity index (χ4v) is 4.15. The first-order valence-corrected chi connectivity index (χ1v) is 10.4. The summed E-state index contributed by atoms with van der Waals surface area (Å²) in [6.45, 7) is 4.52. The highest BCUT2D eigenvalue weighted by Crippen LogP contribution is 2.40. The smallest absolute Gasteiger partial charge is 0.342 e. The maximum atomic E-state index is 13.8. The van der Waals surface area contributed by atoms with Crippen LogP contribution in [0.1, 0.15) is 62.0 Å². The maximum absolute atomic E-state index is 13.8. The predicted octanol–water partition coefficient (Wildman–Crippen LogP) is 4.36. The average Bonchev–Trinajstić information content (AvgIpc) is 3.42. The molecule has 4 rings (SSSR count). The van der Waals surface area contributed by atoms with Crippen molar-refractivity contribution in [3.63, 3.8) is 0 Å². The molecule has 0 aromatic carbocycles. The molecule has 4 heterocycles. The first-order chi connectivity index (χ1) is 14.8. The summed E-state index contributed by atoms with van der Waals surface area (Å²) in [6, 6.07) is 2.76. The van der Waals surface area contributed by atoms with Gasteiger partial charge in [-0.1, -0.05) is 12.1 Å². The zero-order valence-corrected chi connectivity index (χ0v) is 17.4. The SMILES string of the molecule is CCc1cc(C(F)(F)F)c2c([C@H]3CCCN(C(=O)C[C@@H](C)n4cccn4)C3)noc2n1. The van der Waals surface area contributed by atoms with Crippen LogP contribution in [0.5, 0.6) is 0 Å². The van der Waals surface area contributed by atoms with Gasteiger partial charge in [0.15, 0.2) is 0 Å². The molecule has 0 unspecified atom stereocenters. The third-order valence-electron chi connectivity index (χ3n) is 5.80. The minimum atomic E-state index is -4.55. The van der Waals surface area contributed by atoms with Gasteiger partial charge in [0.2, 0.25) is 5.91 Å². The molecular formula is C21H24F3N5O2. The maximum Gasteiger partial charge on any atom is 0.417 e. The highest BCUT2D eigenvalue weighted by atomic mass is 19.4. The van der Waals surface area contributed by atoms with Crippen molar-refractivity contribution in [2.45, 2.75) is 57.7 Å². The van der Waals surface area contributed by atoms with E-state index < -0.39 is 11.7 Å². The Hall–Kier alpha value is -2.91. The molecule has 31 heavy (non-hydrogen) atoms. The number of hydrogen-bond donors (Lipinski definition) is 0. The fourth-order valence-electron chi connectivity index (χ4n) is 4.15. The number of aromatic nitrogens is 4. The minimum Gasteiger partial charge on any atom is -0.342 e. The van der Waals surface area contributed by atoms with Crippen molar-refractivity contribution in [1.29, 1.82) is 0 Å². The van der Waals surface area contributed by atoms with E-state index >= 15 is 0 Å². The zero-order valence-electron chi connectivity index (χ0n) is 17.4. The number of carbonyl (C=O) groups excluding carboxylic acids is 1.